The van der Waals surface area contributed by atoms with E-state index in [2.05, 4.69) is 26.3 Å². The maximum atomic E-state index is 5.61. The molecule has 1 aliphatic carbocycles. The zero-order chi connectivity index (χ0) is 13.2. The van der Waals surface area contributed by atoms with E-state index in [0.717, 1.165) is 40.2 Å². The molecule has 0 atom stereocenters. The third-order valence-electron chi connectivity index (χ3n) is 3.43. The van der Waals surface area contributed by atoms with E-state index in [1.807, 2.05) is 24.3 Å². The number of aromatic nitrogens is 2. The third kappa shape index (κ3) is 2.35. The van der Waals surface area contributed by atoms with E-state index in [9.17, 15) is 0 Å². The second-order valence-corrected chi connectivity index (χ2v) is 5.51. The molecule has 0 radical (unpaired) electrons. The van der Waals surface area contributed by atoms with Crippen molar-refractivity contribution in [1.82, 2.24) is 9.97 Å². The Morgan fingerprint density at radius 2 is 1.89 bits per heavy atom. The van der Waals surface area contributed by atoms with Gasteiger partial charge in [-0.15, -0.1) is 0 Å². The Bertz CT molecular complexity index is 595. The molecule has 0 fully saturated rings. The molecule has 1 aliphatic rings. The monoisotopic (exact) mass is 318 g/mol. The number of nitrogens with one attached hydrogen (secondary N) is 1. The number of halogens is 1. The Balaban J connectivity index is 2.15. The summed E-state index contributed by atoms with van der Waals surface area (Å²) in [5.41, 5.74) is 6.01. The number of fused-ring (bicyclic) bond motifs is 1. The van der Waals surface area contributed by atoms with Crippen LogP contribution in [0.5, 0.6) is 0 Å². The fraction of sp³-hybridized carbons (Fsp3) is 0.286. The van der Waals surface area contributed by atoms with Crippen molar-refractivity contribution >= 4 is 21.7 Å². The number of benzene rings is 1. The second-order valence-electron chi connectivity index (χ2n) is 4.65. The van der Waals surface area contributed by atoms with Gasteiger partial charge in [0.2, 0.25) is 0 Å². The van der Waals surface area contributed by atoms with E-state index in [-0.39, 0.29) is 0 Å². The van der Waals surface area contributed by atoms with E-state index < -0.39 is 0 Å². The first-order valence-corrected chi connectivity index (χ1v) is 7.20. The highest BCUT2D eigenvalue weighted by atomic mass is 79.9. The standard InChI is InChI=1S/C14H15BrN4/c15-11-7-3-1-5-9(11)13-17-12-8-4-2-6-10(12)14(18-13)19-16/h1,3,5,7H,2,4,6,8,16H2,(H,17,18,19). The molecule has 1 aromatic carbocycles. The first kappa shape index (κ1) is 12.6. The van der Waals surface area contributed by atoms with E-state index in [0.29, 0.717) is 0 Å². The SMILES string of the molecule is NNc1nc(-c2ccccc2Br)nc2c1CCCC2. The lowest BCUT2D eigenvalue weighted by Gasteiger charge is -2.18. The molecule has 3 rings (SSSR count). The topological polar surface area (TPSA) is 63.8 Å². The molecule has 0 saturated carbocycles. The van der Waals surface area contributed by atoms with E-state index in [4.69, 9.17) is 10.8 Å². The van der Waals surface area contributed by atoms with Gasteiger partial charge in [0.15, 0.2) is 5.82 Å². The minimum atomic E-state index is 0.723. The van der Waals surface area contributed by atoms with Gasteiger partial charge in [0.25, 0.3) is 0 Å². The van der Waals surface area contributed by atoms with Crippen LogP contribution in [0.15, 0.2) is 28.7 Å². The summed E-state index contributed by atoms with van der Waals surface area (Å²) in [6.07, 6.45) is 4.37. The summed E-state index contributed by atoms with van der Waals surface area (Å²) in [5, 5.41) is 0. The van der Waals surface area contributed by atoms with Crippen LogP contribution in [0, 0.1) is 0 Å². The number of nitrogens with zero attached hydrogens (tertiary/aromatic N) is 2. The van der Waals surface area contributed by atoms with Crippen molar-refractivity contribution in [3.8, 4) is 11.4 Å². The van der Waals surface area contributed by atoms with Crippen LogP contribution in [0.25, 0.3) is 11.4 Å². The summed E-state index contributed by atoms with van der Waals surface area (Å²) in [6.45, 7) is 0. The maximum absolute atomic E-state index is 5.61. The molecule has 4 nitrogen and oxygen atoms in total. The Morgan fingerprint density at radius 3 is 2.68 bits per heavy atom. The molecule has 3 N–H and O–H groups in total. The van der Waals surface area contributed by atoms with Crippen LogP contribution < -0.4 is 11.3 Å². The van der Waals surface area contributed by atoms with Gasteiger partial charge in [-0.2, -0.15) is 0 Å². The molecule has 0 spiro atoms. The summed E-state index contributed by atoms with van der Waals surface area (Å²) in [6, 6.07) is 7.97. The van der Waals surface area contributed by atoms with Crippen molar-refractivity contribution in [2.45, 2.75) is 25.7 Å². The van der Waals surface area contributed by atoms with Crippen molar-refractivity contribution in [2.24, 2.45) is 5.84 Å². The molecular weight excluding hydrogens is 304 g/mol. The predicted molar refractivity (Wildman–Crippen MR) is 79.6 cm³/mol. The van der Waals surface area contributed by atoms with Crippen LogP contribution in [-0.4, -0.2) is 9.97 Å². The van der Waals surface area contributed by atoms with Crippen LogP contribution >= 0.6 is 15.9 Å². The van der Waals surface area contributed by atoms with Crippen LogP contribution in [0.1, 0.15) is 24.1 Å². The first-order chi connectivity index (χ1) is 9.29. The summed E-state index contributed by atoms with van der Waals surface area (Å²) in [4.78, 5) is 9.27. The average molecular weight is 319 g/mol. The van der Waals surface area contributed by atoms with Gasteiger partial charge in [0, 0.05) is 21.3 Å². The fourth-order valence-electron chi connectivity index (χ4n) is 2.48. The van der Waals surface area contributed by atoms with Gasteiger partial charge in [0.05, 0.1) is 0 Å². The van der Waals surface area contributed by atoms with Crippen molar-refractivity contribution in [3.05, 3.63) is 40.0 Å². The van der Waals surface area contributed by atoms with E-state index in [1.165, 1.54) is 18.4 Å². The summed E-state index contributed by atoms with van der Waals surface area (Å²) >= 11 is 3.54. The Hall–Kier alpha value is -1.46. The summed E-state index contributed by atoms with van der Waals surface area (Å²) < 4.78 is 0.994. The minimum Gasteiger partial charge on any atom is -0.308 e. The highest BCUT2D eigenvalue weighted by Gasteiger charge is 2.18. The number of hydrogen-bond donors (Lipinski definition) is 2. The number of nitrogens with two attached hydrogens (primary N) is 1. The molecule has 1 aromatic heterocycles. The normalized spacial score (nSPS) is 14.0. The number of hydrazine groups is 1. The van der Waals surface area contributed by atoms with Crippen molar-refractivity contribution in [3.63, 3.8) is 0 Å². The molecular formula is C14H15BrN4. The molecule has 19 heavy (non-hydrogen) atoms. The lowest BCUT2D eigenvalue weighted by atomic mass is 9.96. The lowest BCUT2D eigenvalue weighted by Crippen LogP contribution is -2.17. The van der Waals surface area contributed by atoms with Gasteiger partial charge in [-0.1, -0.05) is 34.1 Å². The van der Waals surface area contributed by atoms with Gasteiger partial charge < -0.3 is 5.43 Å². The number of hydrogen-bond acceptors (Lipinski definition) is 4. The largest absolute Gasteiger partial charge is 0.308 e. The number of anilines is 1. The number of aryl methyl sites for hydroxylation is 1. The quantitative estimate of drug-likeness (QED) is 0.659. The van der Waals surface area contributed by atoms with Gasteiger partial charge in [-0.05, 0) is 31.7 Å². The molecule has 1 heterocycles. The zero-order valence-electron chi connectivity index (χ0n) is 10.5. The van der Waals surface area contributed by atoms with E-state index in [1.54, 1.807) is 0 Å². The summed E-state index contributed by atoms with van der Waals surface area (Å²) in [5.74, 6) is 7.09. The third-order valence-corrected chi connectivity index (χ3v) is 4.13. The van der Waals surface area contributed by atoms with Crippen LogP contribution in [-0.2, 0) is 12.8 Å². The minimum absolute atomic E-state index is 0.723. The molecule has 0 bridgehead atoms. The second kappa shape index (κ2) is 5.27. The van der Waals surface area contributed by atoms with Crippen LogP contribution in [0.3, 0.4) is 0 Å². The number of rotatable bonds is 2. The molecule has 98 valence electrons. The number of nitrogen functional groups attached to an aromatic ring is 1. The van der Waals surface area contributed by atoms with E-state index >= 15 is 0 Å². The fourth-order valence-corrected chi connectivity index (χ4v) is 2.94. The zero-order valence-corrected chi connectivity index (χ0v) is 12.1. The van der Waals surface area contributed by atoms with Crippen LogP contribution in [0.4, 0.5) is 5.82 Å². The van der Waals surface area contributed by atoms with Gasteiger partial charge in [-0.3, -0.25) is 0 Å². The molecule has 0 aliphatic heterocycles. The molecule has 0 unspecified atom stereocenters. The first-order valence-electron chi connectivity index (χ1n) is 6.41. The molecule has 0 amide bonds. The average Bonchev–Trinajstić information content (AvgIpc) is 2.46. The Morgan fingerprint density at radius 1 is 1.11 bits per heavy atom. The van der Waals surface area contributed by atoms with Gasteiger partial charge in [0.1, 0.15) is 5.82 Å². The lowest BCUT2D eigenvalue weighted by molar-refractivity contribution is 0.665. The summed E-state index contributed by atoms with van der Waals surface area (Å²) in [7, 11) is 0. The smallest absolute Gasteiger partial charge is 0.162 e. The maximum Gasteiger partial charge on any atom is 0.162 e. The molecule has 2 aromatic rings. The van der Waals surface area contributed by atoms with Crippen LogP contribution in [0.2, 0.25) is 0 Å². The molecule has 5 heteroatoms. The van der Waals surface area contributed by atoms with Gasteiger partial charge >= 0.3 is 0 Å². The predicted octanol–water partition coefficient (Wildman–Crippen LogP) is 3.07. The Kier molecular flexibility index (Phi) is 3.48. The van der Waals surface area contributed by atoms with Crippen molar-refractivity contribution in [1.29, 1.82) is 0 Å². The molecule has 0 saturated heterocycles. The highest BCUT2D eigenvalue weighted by molar-refractivity contribution is 9.10. The highest BCUT2D eigenvalue weighted by Crippen LogP contribution is 2.30. The van der Waals surface area contributed by atoms with Crippen molar-refractivity contribution in [2.75, 3.05) is 5.43 Å². The van der Waals surface area contributed by atoms with Gasteiger partial charge in [-0.25, -0.2) is 15.8 Å². The van der Waals surface area contributed by atoms with Crippen molar-refractivity contribution < 1.29 is 0 Å². The Labute approximate surface area is 120 Å².